The normalized spacial score (nSPS) is 15.1. The van der Waals surface area contributed by atoms with Crippen LogP contribution in [0, 0.1) is 0 Å². The van der Waals surface area contributed by atoms with Gasteiger partial charge in [-0.3, -0.25) is 9.59 Å². The van der Waals surface area contributed by atoms with E-state index in [0.29, 0.717) is 29.8 Å². The Morgan fingerprint density at radius 2 is 1.75 bits per heavy atom. The van der Waals surface area contributed by atoms with Gasteiger partial charge in [-0.05, 0) is 24.1 Å². The second-order valence-corrected chi connectivity index (χ2v) is 5.66. The van der Waals surface area contributed by atoms with Crippen molar-refractivity contribution in [2.75, 3.05) is 13.3 Å². The molecule has 0 radical (unpaired) electrons. The fourth-order valence-electron chi connectivity index (χ4n) is 2.88. The fourth-order valence-corrected chi connectivity index (χ4v) is 2.88. The van der Waals surface area contributed by atoms with Crippen LogP contribution in [0.2, 0.25) is 0 Å². The number of hydrogen-bond acceptors (Lipinski definition) is 5. The number of rotatable bonds is 4. The predicted octanol–water partition coefficient (Wildman–Crippen LogP) is 2.51. The zero-order valence-electron chi connectivity index (χ0n) is 12.9. The second kappa shape index (κ2) is 5.85. The van der Waals surface area contributed by atoms with Crippen LogP contribution in [0.4, 0.5) is 0 Å². The topological polar surface area (TPSA) is 64.6 Å². The van der Waals surface area contributed by atoms with Gasteiger partial charge in [0.05, 0.1) is 5.70 Å². The van der Waals surface area contributed by atoms with Gasteiger partial charge in [-0.25, -0.2) is 0 Å². The number of ether oxygens (including phenoxy) is 2. The number of allylic oxidation sites excluding steroid dienone is 2. The Labute approximate surface area is 138 Å². The van der Waals surface area contributed by atoms with Crippen molar-refractivity contribution in [1.82, 2.24) is 5.32 Å². The lowest BCUT2D eigenvalue weighted by atomic mass is 9.92. The molecule has 5 nitrogen and oxygen atoms in total. The summed E-state index contributed by atoms with van der Waals surface area (Å²) >= 11 is 0. The van der Waals surface area contributed by atoms with E-state index in [1.807, 2.05) is 18.2 Å². The number of hydrogen-bond donors (Lipinski definition) is 1. The van der Waals surface area contributed by atoms with Gasteiger partial charge in [-0.2, -0.15) is 0 Å². The molecule has 1 N–H and O–H groups in total. The molecule has 1 heterocycles. The molecule has 1 aliphatic carbocycles. The zero-order valence-corrected chi connectivity index (χ0v) is 12.9. The number of carbonyl (C=O) groups is 2. The first kappa shape index (κ1) is 14.5. The maximum absolute atomic E-state index is 12.4. The third-order valence-corrected chi connectivity index (χ3v) is 4.12. The van der Waals surface area contributed by atoms with Gasteiger partial charge >= 0.3 is 0 Å². The number of ketones is 2. The van der Waals surface area contributed by atoms with Crippen LogP contribution in [-0.4, -0.2) is 24.9 Å². The minimum Gasteiger partial charge on any atom is -0.454 e. The molecule has 0 saturated carbocycles. The molecule has 4 rings (SSSR count). The lowest BCUT2D eigenvalue weighted by Gasteiger charge is -2.16. The molecule has 5 heteroatoms. The molecule has 0 spiro atoms. The summed E-state index contributed by atoms with van der Waals surface area (Å²) in [5.74, 6) is 1.20. The Hall–Kier alpha value is -3.08. The lowest BCUT2D eigenvalue weighted by Crippen LogP contribution is -2.28. The van der Waals surface area contributed by atoms with E-state index in [2.05, 4.69) is 5.32 Å². The Morgan fingerprint density at radius 1 is 0.958 bits per heavy atom. The standard InChI is InChI=1S/C19H15NO4/c21-16-10-15(19(22)14-4-2-1-3-13(14)16)20-8-7-12-5-6-17-18(9-12)24-11-23-17/h1-6,9-10,20H,7-8,11H2. The van der Waals surface area contributed by atoms with E-state index in [0.717, 1.165) is 17.1 Å². The molecule has 0 unspecified atom stereocenters. The fraction of sp³-hybridized carbons (Fsp3) is 0.158. The highest BCUT2D eigenvalue weighted by molar-refractivity contribution is 6.24. The maximum atomic E-state index is 12.4. The number of carbonyl (C=O) groups excluding carboxylic acids is 2. The molecule has 120 valence electrons. The average molecular weight is 321 g/mol. The maximum Gasteiger partial charge on any atom is 0.231 e. The van der Waals surface area contributed by atoms with Gasteiger partial charge < -0.3 is 14.8 Å². The Morgan fingerprint density at radius 3 is 2.62 bits per heavy atom. The quantitative estimate of drug-likeness (QED) is 0.937. The molecule has 0 saturated heterocycles. The first-order valence-corrected chi connectivity index (χ1v) is 7.74. The van der Waals surface area contributed by atoms with Crippen molar-refractivity contribution in [3.63, 3.8) is 0 Å². The van der Waals surface area contributed by atoms with Crippen molar-refractivity contribution in [1.29, 1.82) is 0 Å². The van der Waals surface area contributed by atoms with Crippen LogP contribution >= 0.6 is 0 Å². The number of benzene rings is 2. The van der Waals surface area contributed by atoms with Crippen LogP contribution in [0.1, 0.15) is 26.3 Å². The van der Waals surface area contributed by atoms with Crippen LogP contribution in [0.25, 0.3) is 0 Å². The third-order valence-electron chi connectivity index (χ3n) is 4.12. The minimum atomic E-state index is -0.143. The van der Waals surface area contributed by atoms with Crippen molar-refractivity contribution in [3.8, 4) is 11.5 Å². The smallest absolute Gasteiger partial charge is 0.231 e. The third kappa shape index (κ3) is 2.54. The molecule has 2 aromatic rings. The predicted molar refractivity (Wildman–Crippen MR) is 87.5 cm³/mol. The molecule has 0 fully saturated rings. The Balaban J connectivity index is 1.43. The molecule has 0 amide bonds. The molecule has 0 aromatic heterocycles. The van der Waals surface area contributed by atoms with E-state index < -0.39 is 0 Å². The highest BCUT2D eigenvalue weighted by Gasteiger charge is 2.24. The van der Waals surface area contributed by atoms with Crippen LogP contribution in [-0.2, 0) is 6.42 Å². The number of nitrogens with one attached hydrogen (secondary N) is 1. The SMILES string of the molecule is O=C1C=C(NCCc2ccc3c(c2)OCO3)C(=O)c2ccccc21. The van der Waals surface area contributed by atoms with Crippen LogP contribution in [0.15, 0.2) is 54.2 Å². The molecular formula is C19H15NO4. The van der Waals surface area contributed by atoms with E-state index >= 15 is 0 Å². The van der Waals surface area contributed by atoms with E-state index in [4.69, 9.17) is 9.47 Å². The average Bonchev–Trinajstić information content (AvgIpc) is 3.07. The number of fused-ring (bicyclic) bond motifs is 2. The zero-order chi connectivity index (χ0) is 16.5. The summed E-state index contributed by atoms with van der Waals surface area (Å²) in [5.41, 5.74) is 2.33. The lowest BCUT2D eigenvalue weighted by molar-refractivity contribution is 0.0978. The van der Waals surface area contributed by atoms with Crippen LogP contribution in [0.5, 0.6) is 11.5 Å². The summed E-state index contributed by atoms with van der Waals surface area (Å²) in [5, 5.41) is 3.08. The second-order valence-electron chi connectivity index (χ2n) is 5.66. The molecule has 24 heavy (non-hydrogen) atoms. The summed E-state index contributed by atoms with van der Waals surface area (Å²) in [6.07, 6.45) is 2.08. The van der Waals surface area contributed by atoms with Gasteiger partial charge in [0.15, 0.2) is 17.3 Å². The van der Waals surface area contributed by atoms with Crippen molar-refractivity contribution in [2.45, 2.75) is 6.42 Å². The van der Waals surface area contributed by atoms with E-state index in [1.54, 1.807) is 24.3 Å². The summed E-state index contributed by atoms with van der Waals surface area (Å²) in [6, 6.07) is 12.7. The Kier molecular flexibility index (Phi) is 3.54. The van der Waals surface area contributed by atoms with Gasteiger partial charge in [0.1, 0.15) is 0 Å². The molecule has 0 atom stereocenters. The first-order chi connectivity index (χ1) is 11.7. The van der Waals surface area contributed by atoms with Crippen molar-refractivity contribution in [2.24, 2.45) is 0 Å². The molecule has 0 bridgehead atoms. The monoisotopic (exact) mass is 321 g/mol. The van der Waals surface area contributed by atoms with Gasteiger partial charge in [-0.1, -0.05) is 30.3 Å². The summed E-state index contributed by atoms with van der Waals surface area (Å²) in [6.45, 7) is 0.798. The first-order valence-electron chi connectivity index (χ1n) is 7.74. The van der Waals surface area contributed by atoms with E-state index in [-0.39, 0.29) is 18.4 Å². The van der Waals surface area contributed by atoms with E-state index in [9.17, 15) is 9.59 Å². The highest BCUT2D eigenvalue weighted by Crippen LogP contribution is 2.32. The molecule has 2 aliphatic rings. The summed E-state index contributed by atoms with van der Waals surface area (Å²) in [7, 11) is 0. The highest BCUT2D eigenvalue weighted by atomic mass is 16.7. The van der Waals surface area contributed by atoms with Gasteiger partial charge in [0, 0.05) is 23.7 Å². The van der Waals surface area contributed by atoms with Crippen LogP contribution < -0.4 is 14.8 Å². The van der Waals surface area contributed by atoms with Gasteiger partial charge in [-0.15, -0.1) is 0 Å². The number of Topliss-reactive ketones (excluding diaryl/α,β-unsaturated/α-hetero) is 1. The minimum absolute atomic E-state index is 0.143. The van der Waals surface area contributed by atoms with Gasteiger partial charge in [0.2, 0.25) is 12.6 Å². The Bertz CT molecular complexity index is 869. The summed E-state index contributed by atoms with van der Waals surface area (Å²) < 4.78 is 10.6. The molecular weight excluding hydrogens is 306 g/mol. The van der Waals surface area contributed by atoms with Crippen molar-refractivity contribution < 1.29 is 19.1 Å². The van der Waals surface area contributed by atoms with Gasteiger partial charge in [0.25, 0.3) is 0 Å². The largest absolute Gasteiger partial charge is 0.454 e. The van der Waals surface area contributed by atoms with Crippen molar-refractivity contribution in [3.05, 3.63) is 70.9 Å². The van der Waals surface area contributed by atoms with Crippen LogP contribution in [0.3, 0.4) is 0 Å². The van der Waals surface area contributed by atoms with Crippen molar-refractivity contribution >= 4 is 11.6 Å². The summed E-state index contributed by atoms with van der Waals surface area (Å²) in [4.78, 5) is 24.5. The van der Waals surface area contributed by atoms with E-state index in [1.165, 1.54) is 6.08 Å². The molecule has 1 aliphatic heterocycles. The molecule has 2 aromatic carbocycles.